The van der Waals surface area contributed by atoms with E-state index in [0.717, 1.165) is 0 Å². The molecular weight excluding hydrogens is 337 g/mol. The average Bonchev–Trinajstić information content (AvgIpc) is 2.93. The molecule has 0 aromatic heterocycles. The van der Waals surface area contributed by atoms with Crippen molar-refractivity contribution in [3.63, 3.8) is 0 Å². The van der Waals surface area contributed by atoms with E-state index in [-0.39, 0.29) is 11.6 Å². The average molecular weight is 348 g/mol. The summed E-state index contributed by atoms with van der Waals surface area (Å²) in [6.45, 7) is 0. The molecule has 2 aromatic rings. The van der Waals surface area contributed by atoms with E-state index in [1.165, 1.54) is 0 Å². The van der Waals surface area contributed by atoms with Gasteiger partial charge in [0.1, 0.15) is 5.75 Å². The van der Waals surface area contributed by atoms with Gasteiger partial charge in [-0.05, 0) is 35.9 Å². The molecule has 0 N–H and O–H groups in total. The van der Waals surface area contributed by atoms with Crippen LogP contribution in [0, 0.1) is 0 Å². The molecule has 0 radical (unpaired) electrons. The predicted octanol–water partition coefficient (Wildman–Crippen LogP) is 4.35. The van der Waals surface area contributed by atoms with Gasteiger partial charge in [0.25, 0.3) is 0 Å². The molecule has 0 saturated heterocycles. The van der Waals surface area contributed by atoms with E-state index in [4.69, 9.17) is 32.7 Å². The third kappa shape index (κ3) is 3.23. The van der Waals surface area contributed by atoms with Gasteiger partial charge in [0.15, 0.2) is 5.70 Å². The second kappa shape index (κ2) is 6.44. The zero-order valence-electron chi connectivity index (χ0n) is 12.0. The molecule has 1 heterocycles. The monoisotopic (exact) mass is 347 g/mol. The molecular formula is C17H11Cl2NO3. The molecule has 0 amide bonds. The molecule has 0 bridgehead atoms. The normalized spacial score (nSPS) is 15.5. The first kappa shape index (κ1) is 15.6. The Morgan fingerprint density at radius 1 is 1.17 bits per heavy atom. The van der Waals surface area contributed by atoms with E-state index in [0.29, 0.717) is 26.9 Å². The SMILES string of the molecule is COc1cccc(C2=NC(=Cc3cccc(Cl)c3Cl)C(=O)O2)c1. The summed E-state index contributed by atoms with van der Waals surface area (Å²) in [5.41, 5.74) is 1.41. The highest BCUT2D eigenvalue weighted by Gasteiger charge is 2.24. The molecule has 0 fully saturated rings. The van der Waals surface area contributed by atoms with E-state index < -0.39 is 5.97 Å². The van der Waals surface area contributed by atoms with Crippen LogP contribution in [-0.2, 0) is 9.53 Å². The van der Waals surface area contributed by atoms with Crippen LogP contribution in [0.25, 0.3) is 6.08 Å². The summed E-state index contributed by atoms with van der Waals surface area (Å²) in [5.74, 6) is 0.328. The molecule has 0 spiro atoms. The Hall–Kier alpha value is -2.30. The molecule has 0 unspecified atom stereocenters. The van der Waals surface area contributed by atoms with Crippen LogP contribution in [-0.4, -0.2) is 19.0 Å². The first-order valence-electron chi connectivity index (χ1n) is 6.69. The van der Waals surface area contributed by atoms with Gasteiger partial charge in [0, 0.05) is 5.56 Å². The number of rotatable bonds is 3. The van der Waals surface area contributed by atoms with Gasteiger partial charge in [-0.15, -0.1) is 0 Å². The fraction of sp³-hybridized carbons (Fsp3) is 0.0588. The Morgan fingerprint density at radius 2 is 1.96 bits per heavy atom. The van der Waals surface area contributed by atoms with Gasteiger partial charge >= 0.3 is 5.97 Å². The van der Waals surface area contributed by atoms with E-state index >= 15 is 0 Å². The lowest BCUT2D eigenvalue weighted by atomic mass is 10.2. The van der Waals surface area contributed by atoms with Crippen molar-refractivity contribution in [1.29, 1.82) is 0 Å². The zero-order chi connectivity index (χ0) is 16.4. The molecule has 0 atom stereocenters. The molecule has 23 heavy (non-hydrogen) atoms. The van der Waals surface area contributed by atoms with E-state index in [9.17, 15) is 4.79 Å². The minimum Gasteiger partial charge on any atom is -0.497 e. The molecule has 0 saturated carbocycles. The quantitative estimate of drug-likeness (QED) is 0.612. The largest absolute Gasteiger partial charge is 0.497 e. The number of halogens is 2. The Bertz CT molecular complexity index is 843. The number of hydrogen-bond acceptors (Lipinski definition) is 4. The maximum absolute atomic E-state index is 12.0. The highest BCUT2D eigenvalue weighted by Crippen LogP contribution is 2.29. The number of carbonyl (C=O) groups excluding carboxylic acids is 1. The minimum absolute atomic E-state index is 0.159. The minimum atomic E-state index is -0.543. The molecule has 1 aliphatic heterocycles. The summed E-state index contributed by atoms with van der Waals surface area (Å²) >= 11 is 12.1. The lowest BCUT2D eigenvalue weighted by Gasteiger charge is -2.02. The Morgan fingerprint density at radius 3 is 2.74 bits per heavy atom. The van der Waals surface area contributed by atoms with Crippen LogP contribution < -0.4 is 4.74 Å². The summed E-state index contributed by atoms with van der Waals surface area (Å²) < 4.78 is 10.4. The van der Waals surface area contributed by atoms with Crippen molar-refractivity contribution in [2.75, 3.05) is 7.11 Å². The third-order valence-corrected chi connectivity index (χ3v) is 4.04. The highest BCUT2D eigenvalue weighted by atomic mass is 35.5. The van der Waals surface area contributed by atoms with Gasteiger partial charge < -0.3 is 9.47 Å². The number of methoxy groups -OCH3 is 1. The van der Waals surface area contributed by atoms with Crippen LogP contribution in [0.4, 0.5) is 0 Å². The van der Waals surface area contributed by atoms with Gasteiger partial charge in [0.2, 0.25) is 5.90 Å². The van der Waals surface area contributed by atoms with Crippen LogP contribution in [0.15, 0.2) is 53.2 Å². The molecule has 6 heteroatoms. The van der Waals surface area contributed by atoms with Crippen molar-refractivity contribution in [3.8, 4) is 5.75 Å². The van der Waals surface area contributed by atoms with Gasteiger partial charge in [-0.2, -0.15) is 0 Å². The fourth-order valence-electron chi connectivity index (χ4n) is 2.07. The number of aliphatic imine (C=N–C) groups is 1. The summed E-state index contributed by atoms with van der Waals surface area (Å²) in [6.07, 6.45) is 1.55. The number of benzene rings is 2. The summed E-state index contributed by atoms with van der Waals surface area (Å²) in [4.78, 5) is 16.2. The number of carbonyl (C=O) groups is 1. The lowest BCUT2D eigenvalue weighted by molar-refractivity contribution is -0.129. The number of hydrogen-bond donors (Lipinski definition) is 0. The number of esters is 1. The van der Waals surface area contributed by atoms with E-state index in [2.05, 4.69) is 4.99 Å². The highest BCUT2D eigenvalue weighted by molar-refractivity contribution is 6.43. The van der Waals surface area contributed by atoms with Gasteiger partial charge in [-0.25, -0.2) is 9.79 Å². The summed E-state index contributed by atoms with van der Waals surface area (Å²) in [7, 11) is 1.56. The Labute approximate surface area is 143 Å². The van der Waals surface area contributed by atoms with Gasteiger partial charge in [-0.1, -0.05) is 41.4 Å². The van der Waals surface area contributed by atoms with Crippen molar-refractivity contribution < 1.29 is 14.3 Å². The van der Waals surface area contributed by atoms with Crippen LogP contribution in [0.3, 0.4) is 0 Å². The van der Waals surface area contributed by atoms with Crippen molar-refractivity contribution >= 4 is 41.1 Å². The van der Waals surface area contributed by atoms with E-state index in [1.54, 1.807) is 55.7 Å². The van der Waals surface area contributed by atoms with Crippen molar-refractivity contribution in [2.45, 2.75) is 0 Å². The van der Waals surface area contributed by atoms with Crippen molar-refractivity contribution in [2.24, 2.45) is 4.99 Å². The molecule has 4 nitrogen and oxygen atoms in total. The fourth-order valence-corrected chi connectivity index (χ4v) is 2.43. The molecule has 1 aliphatic rings. The maximum atomic E-state index is 12.0. The summed E-state index contributed by atoms with van der Waals surface area (Å²) in [6, 6.07) is 12.3. The predicted molar refractivity (Wildman–Crippen MR) is 90.1 cm³/mol. The smallest absolute Gasteiger partial charge is 0.363 e. The third-order valence-electron chi connectivity index (χ3n) is 3.21. The first-order valence-corrected chi connectivity index (χ1v) is 7.45. The Kier molecular flexibility index (Phi) is 4.37. The second-order valence-corrected chi connectivity index (χ2v) is 5.50. The van der Waals surface area contributed by atoms with Crippen molar-refractivity contribution in [3.05, 3.63) is 69.3 Å². The van der Waals surface area contributed by atoms with Crippen molar-refractivity contribution in [1.82, 2.24) is 0 Å². The van der Waals surface area contributed by atoms with E-state index in [1.807, 2.05) is 0 Å². The number of nitrogens with zero attached hydrogens (tertiary/aromatic N) is 1. The number of cyclic esters (lactones) is 1. The van der Waals surface area contributed by atoms with Crippen LogP contribution in [0.5, 0.6) is 5.75 Å². The Balaban J connectivity index is 1.98. The standard InChI is InChI=1S/C17H11Cl2NO3/c1-22-12-6-2-5-11(8-12)16-20-14(17(21)23-16)9-10-4-3-7-13(18)15(10)19/h2-9H,1H3. The maximum Gasteiger partial charge on any atom is 0.363 e. The molecule has 2 aromatic carbocycles. The van der Waals surface area contributed by atoms with Crippen LogP contribution in [0.2, 0.25) is 10.0 Å². The molecule has 3 rings (SSSR count). The van der Waals surface area contributed by atoms with Crippen LogP contribution in [0.1, 0.15) is 11.1 Å². The summed E-state index contributed by atoms with van der Waals surface area (Å²) in [5, 5.41) is 0.767. The number of ether oxygens (including phenoxy) is 2. The molecule has 116 valence electrons. The molecule has 0 aliphatic carbocycles. The van der Waals surface area contributed by atoms with Gasteiger partial charge in [0.05, 0.1) is 17.2 Å². The van der Waals surface area contributed by atoms with Crippen LogP contribution >= 0.6 is 23.2 Å². The lowest BCUT2D eigenvalue weighted by Crippen LogP contribution is -2.05. The zero-order valence-corrected chi connectivity index (χ0v) is 13.6. The first-order chi connectivity index (χ1) is 11.1. The topological polar surface area (TPSA) is 47.9 Å². The second-order valence-electron chi connectivity index (χ2n) is 4.71. The van der Waals surface area contributed by atoms with Gasteiger partial charge in [-0.3, -0.25) is 0 Å².